The summed E-state index contributed by atoms with van der Waals surface area (Å²) in [7, 11) is 0. The second-order valence-corrected chi connectivity index (χ2v) is 3.30. The molecule has 0 spiro atoms. The summed E-state index contributed by atoms with van der Waals surface area (Å²) in [5, 5.41) is 12.7. The van der Waals surface area contributed by atoms with Gasteiger partial charge in [0.1, 0.15) is 12.1 Å². The predicted molar refractivity (Wildman–Crippen MR) is 51.4 cm³/mol. The monoisotopic (exact) mass is 181 g/mol. The number of hydrogen-bond donors (Lipinski definition) is 2. The van der Waals surface area contributed by atoms with Gasteiger partial charge < -0.3 is 10.4 Å². The molecule has 0 saturated carbocycles. The van der Waals surface area contributed by atoms with Crippen molar-refractivity contribution in [2.24, 2.45) is 0 Å². The van der Waals surface area contributed by atoms with Crippen LogP contribution in [0, 0.1) is 0 Å². The molecule has 0 aliphatic rings. The average molecular weight is 181 g/mol. The van der Waals surface area contributed by atoms with Crippen molar-refractivity contribution < 1.29 is 5.11 Å². The Morgan fingerprint density at radius 3 is 2.92 bits per heavy atom. The lowest BCUT2D eigenvalue weighted by atomic mass is 10.0. The van der Waals surface area contributed by atoms with Gasteiger partial charge in [-0.2, -0.15) is 0 Å². The second kappa shape index (κ2) is 4.18. The van der Waals surface area contributed by atoms with Crippen molar-refractivity contribution in [3.8, 4) is 0 Å². The van der Waals surface area contributed by atoms with Crippen molar-refractivity contribution in [1.82, 2.24) is 9.97 Å². The molecule has 0 radical (unpaired) electrons. The van der Waals surface area contributed by atoms with E-state index in [1.807, 2.05) is 6.92 Å². The van der Waals surface area contributed by atoms with Gasteiger partial charge in [0.25, 0.3) is 0 Å². The highest BCUT2D eigenvalue weighted by Gasteiger charge is 2.16. The molecule has 0 aromatic carbocycles. The van der Waals surface area contributed by atoms with E-state index >= 15 is 0 Å². The molecule has 0 aliphatic carbocycles. The molecule has 13 heavy (non-hydrogen) atoms. The molecule has 72 valence electrons. The number of nitrogens with zero attached hydrogens (tertiary/aromatic N) is 2. The van der Waals surface area contributed by atoms with Crippen molar-refractivity contribution in [3.63, 3.8) is 0 Å². The van der Waals surface area contributed by atoms with Crippen molar-refractivity contribution in [3.05, 3.63) is 18.6 Å². The summed E-state index contributed by atoms with van der Waals surface area (Å²) in [5.74, 6) is 0.740. The van der Waals surface area contributed by atoms with Crippen LogP contribution in [0.2, 0.25) is 0 Å². The first-order valence-electron chi connectivity index (χ1n) is 4.36. The van der Waals surface area contributed by atoms with Crippen LogP contribution in [0.3, 0.4) is 0 Å². The Hall–Kier alpha value is -1.16. The van der Waals surface area contributed by atoms with Crippen LogP contribution in [0.1, 0.15) is 20.3 Å². The summed E-state index contributed by atoms with van der Waals surface area (Å²) in [5.41, 5.74) is -0.676. The van der Waals surface area contributed by atoms with E-state index in [0.717, 1.165) is 5.82 Å². The number of rotatable bonds is 4. The molecule has 1 rings (SSSR count). The lowest BCUT2D eigenvalue weighted by molar-refractivity contribution is 0.0696. The molecule has 1 atom stereocenters. The zero-order valence-electron chi connectivity index (χ0n) is 7.99. The highest BCUT2D eigenvalue weighted by Crippen LogP contribution is 2.09. The van der Waals surface area contributed by atoms with E-state index in [2.05, 4.69) is 15.3 Å². The van der Waals surface area contributed by atoms with E-state index in [9.17, 15) is 5.11 Å². The largest absolute Gasteiger partial charge is 0.388 e. The summed E-state index contributed by atoms with van der Waals surface area (Å²) in [6.07, 6.45) is 3.85. The van der Waals surface area contributed by atoms with Crippen LogP contribution in [-0.2, 0) is 0 Å². The van der Waals surface area contributed by atoms with E-state index in [1.165, 1.54) is 6.33 Å². The Kier molecular flexibility index (Phi) is 3.19. The van der Waals surface area contributed by atoms with E-state index in [0.29, 0.717) is 13.0 Å². The molecule has 0 fully saturated rings. The van der Waals surface area contributed by atoms with Gasteiger partial charge in [0.05, 0.1) is 5.60 Å². The zero-order chi connectivity index (χ0) is 9.73. The van der Waals surface area contributed by atoms with Gasteiger partial charge in [-0.25, -0.2) is 9.97 Å². The van der Waals surface area contributed by atoms with Gasteiger partial charge in [0, 0.05) is 12.7 Å². The highest BCUT2D eigenvalue weighted by molar-refractivity contribution is 5.31. The molecule has 2 N–H and O–H groups in total. The normalized spacial score (nSPS) is 15.0. The van der Waals surface area contributed by atoms with Crippen LogP contribution in [0.4, 0.5) is 5.82 Å². The van der Waals surface area contributed by atoms with Gasteiger partial charge in [-0.1, -0.05) is 6.92 Å². The Balaban J connectivity index is 2.44. The van der Waals surface area contributed by atoms with Crippen LogP contribution >= 0.6 is 0 Å². The number of hydrogen-bond acceptors (Lipinski definition) is 4. The minimum absolute atomic E-state index is 0.501. The minimum Gasteiger partial charge on any atom is -0.388 e. The summed E-state index contributed by atoms with van der Waals surface area (Å²) >= 11 is 0. The molecule has 0 amide bonds. The average Bonchev–Trinajstić information content (AvgIpc) is 2.17. The molecule has 1 aromatic heterocycles. The number of aromatic nitrogens is 2. The standard InChI is InChI=1S/C9H15N3O/c1-3-9(2,13)6-11-8-4-5-10-7-12-8/h4-5,7,13H,3,6H2,1-2H3,(H,10,11,12). The van der Waals surface area contributed by atoms with Crippen LogP contribution in [-0.4, -0.2) is 27.2 Å². The van der Waals surface area contributed by atoms with Crippen molar-refractivity contribution in [1.29, 1.82) is 0 Å². The third-order valence-corrected chi connectivity index (χ3v) is 1.99. The molecule has 1 aromatic rings. The Morgan fingerprint density at radius 1 is 1.62 bits per heavy atom. The number of nitrogens with one attached hydrogen (secondary N) is 1. The van der Waals surface area contributed by atoms with Gasteiger partial charge in [0.2, 0.25) is 0 Å². The summed E-state index contributed by atoms with van der Waals surface area (Å²) < 4.78 is 0. The topological polar surface area (TPSA) is 58.0 Å². The maximum absolute atomic E-state index is 9.68. The summed E-state index contributed by atoms with van der Waals surface area (Å²) in [6, 6.07) is 1.77. The zero-order valence-corrected chi connectivity index (χ0v) is 7.99. The first-order valence-corrected chi connectivity index (χ1v) is 4.36. The fourth-order valence-corrected chi connectivity index (χ4v) is 0.801. The Morgan fingerprint density at radius 2 is 2.38 bits per heavy atom. The summed E-state index contributed by atoms with van der Waals surface area (Å²) in [6.45, 7) is 4.24. The first kappa shape index (κ1) is 9.92. The van der Waals surface area contributed by atoms with Crippen LogP contribution in [0.15, 0.2) is 18.6 Å². The fraction of sp³-hybridized carbons (Fsp3) is 0.556. The lowest BCUT2D eigenvalue weighted by Crippen LogP contribution is -2.32. The van der Waals surface area contributed by atoms with Gasteiger partial charge in [0.15, 0.2) is 0 Å². The Labute approximate surface area is 78.0 Å². The van der Waals surface area contributed by atoms with Crippen LogP contribution < -0.4 is 5.32 Å². The molecule has 1 heterocycles. The smallest absolute Gasteiger partial charge is 0.129 e. The first-order chi connectivity index (χ1) is 6.14. The quantitative estimate of drug-likeness (QED) is 0.729. The lowest BCUT2D eigenvalue weighted by Gasteiger charge is -2.21. The van der Waals surface area contributed by atoms with E-state index in [4.69, 9.17) is 0 Å². The molecule has 0 bridgehead atoms. The molecule has 4 heteroatoms. The second-order valence-electron chi connectivity index (χ2n) is 3.30. The van der Waals surface area contributed by atoms with Gasteiger partial charge in [-0.3, -0.25) is 0 Å². The SMILES string of the molecule is CCC(C)(O)CNc1ccncn1. The van der Waals surface area contributed by atoms with E-state index in [-0.39, 0.29) is 0 Å². The number of anilines is 1. The van der Waals surface area contributed by atoms with Crippen LogP contribution in [0.5, 0.6) is 0 Å². The predicted octanol–water partition coefficient (Wildman–Crippen LogP) is 1.05. The van der Waals surface area contributed by atoms with Crippen molar-refractivity contribution in [2.45, 2.75) is 25.9 Å². The van der Waals surface area contributed by atoms with E-state index < -0.39 is 5.60 Å². The maximum atomic E-state index is 9.68. The molecule has 0 saturated heterocycles. The summed E-state index contributed by atoms with van der Waals surface area (Å²) in [4.78, 5) is 7.78. The third kappa shape index (κ3) is 3.38. The Bertz CT molecular complexity index is 248. The van der Waals surface area contributed by atoms with Gasteiger partial charge in [-0.15, -0.1) is 0 Å². The molecule has 0 aliphatic heterocycles. The molecule has 1 unspecified atom stereocenters. The van der Waals surface area contributed by atoms with E-state index in [1.54, 1.807) is 19.2 Å². The van der Waals surface area contributed by atoms with Gasteiger partial charge >= 0.3 is 0 Å². The number of aliphatic hydroxyl groups is 1. The van der Waals surface area contributed by atoms with Gasteiger partial charge in [-0.05, 0) is 19.4 Å². The van der Waals surface area contributed by atoms with Crippen molar-refractivity contribution in [2.75, 3.05) is 11.9 Å². The maximum Gasteiger partial charge on any atom is 0.129 e. The minimum atomic E-state index is -0.676. The molecular weight excluding hydrogens is 166 g/mol. The molecular formula is C9H15N3O. The third-order valence-electron chi connectivity index (χ3n) is 1.99. The van der Waals surface area contributed by atoms with Crippen LogP contribution in [0.25, 0.3) is 0 Å². The van der Waals surface area contributed by atoms with Crippen molar-refractivity contribution >= 4 is 5.82 Å². The highest BCUT2D eigenvalue weighted by atomic mass is 16.3. The fourth-order valence-electron chi connectivity index (χ4n) is 0.801. The molecule has 4 nitrogen and oxygen atoms in total.